The predicted molar refractivity (Wildman–Crippen MR) is 73.6 cm³/mol. The molecular weight excluding hydrogens is 257 g/mol. The summed E-state index contributed by atoms with van der Waals surface area (Å²) in [5.41, 5.74) is 0.397. The summed E-state index contributed by atoms with van der Waals surface area (Å²) in [5.74, 6) is 0.159. The second-order valence-corrected chi connectivity index (χ2v) is 6.34. The number of halogens is 1. The Kier molecular flexibility index (Phi) is 3.28. The highest BCUT2D eigenvalue weighted by Crippen LogP contribution is 2.48. The van der Waals surface area contributed by atoms with Crippen LogP contribution < -0.4 is 5.32 Å². The monoisotopic (exact) mass is 277 g/mol. The molecule has 0 aliphatic heterocycles. The molecule has 1 aromatic rings. The van der Waals surface area contributed by atoms with Gasteiger partial charge in [0.2, 0.25) is 5.91 Å². The smallest absolute Gasteiger partial charge is 0.224 e. The Morgan fingerprint density at radius 3 is 2.85 bits per heavy atom. The van der Waals surface area contributed by atoms with Crippen LogP contribution in [0.15, 0.2) is 24.3 Å². The van der Waals surface area contributed by atoms with Gasteiger partial charge in [-0.2, -0.15) is 0 Å². The maximum absolute atomic E-state index is 13.2. The van der Waals surface area contributed by atoms with Gasteiger partial charge in [0.1, 0.15) is 5.82 Å². The Bertz CT molecular complexity index is 529. The van der Waals surface area contributed by atoms with Gasteiger partial charge in [0.15, 0.2) is 0 Å². The van der Waals surface area contributed by atoms with Gasteiger partial charge in [0, 0.05) is 5.92 Å². The average Bonchev–Trinajstić information content (AvgIpc) is 3.30. The normalized spacial score (nSPS) is 27.8. The van der Waals surface area contributed by atoms with Crippen molar-refractivity contribution in [1.82, 2.24) is 5.32 Å². The van der Waals surface area contributed by atoms with Gasteiger partial charge in [-0.3, -0.25) is 4.79 Å². The van der Waals surface area contributed by atoms with E-state index in [1.54, 1.807) is 6.07 Å². The summed E-state index contributed by atoms with van der Waals surface area (Å²) in [4.78, 5) is 12.3. The highest BCUT2D eigenvalue weighted by molar-refractivity contribution is 5.83. The number of benzene rings is 1. The summed E-state index contributed by atoms with van der Waals surface area (Å²) in [6.07, 6.45) is 2.89. The van der Waals surface area contributed by atoms with Gasteiger partial charge in [-0.1, -0.05) is 12.1 Å². The minimum Gasteiger partial charge on any atom is -0.394 e. The average molecular weight is 277 g/mol. The van der Waals surface area contributed by atoms with E-state index < -0.39 is 5.54 Å². The third kappa shape index (κ3) is 2.57. The van der Waals surface area contributed by atoms with Crippen LogP contribution in [-0.4, -0.2) is 23.2 Å². The summed E-state index contributed by atoms with van der Waals surface area (Å²) in [6.45, 7) is 1.88. The van der Waals surface area contributed by atoms with E-state index in [-0.39, 0.29) is 30.2 Å². The molecule has 108 valence electrons. The molecule has 3 atom stereocenters. The van der Waals surface area contributed by atoms with Crippen molar-refractivity contribution in [2.75, 3.05) is 6.61 Å². The van der Waals surface area contributed by atoms with Crippen LogP contribution in [0.5, 0.6) is 0 Å². The quantitative estimate of drug-likeness (QED) is 0.867. The van der Waals surface area contributed by atoms with Crippen molar-refractivity contribution in [3.05, 3.63) is 35.6 Å². The van der Waals surface area contributed by atoms with Crippen molar-refractivity contribution in [1.29, 1.82) is 0 Å². The number of carbonyl (C=O) groups is 1. The second kappa shape index (κ2) is 4.85. The maximum atomic E-state index is 13.2. The minimum atomic E-state index is -0.494. The van der Waals surface area contributed by atoms with Crippen LogP contribution in [-0.2, 0) is 4.79 Å². The predicted octanol–water partition coefficient (Wildman–Crippen LogP) is 2.21. The number of hydrogen-bond acceptors (Lipinski definition) is 2. The van der Waals surface area contributed by atoms with E-state index in [1.165, 1.54) is 12.1 Å². The summed E-state index contributed by atoms with van der Waals surface area (Å²) >= 11 is 0. The van der Waals surface area contributed by atoms with Gasteiger partial charge in [-0.05, 0) is 55.7 Å². The molecule has 2 aliphatic rings. The number of carbonyl (C=O) groups excluding carboxylic acids is 1. The van der Waals surface area contributed by atoms with Gasteiger partial charge in [0.05, 0.1) is 12.1 Å². The van der Waals surface area contributed by atoms with Gasteiger partial charge in [-0.25, -0.2) is 4.39 Å². The lowest BCUT2D eigenvalue weighted by Crippen LogP contribution is -2.51. The summed E-state index contributed by atoms with van der Waals surface area (Å²) < 4.78 is 13.2. The lowest BCUT2D eigenvalue weighted by Gasteiger charge is -2.29. The Hall–Kier alpha value is -1.42. The van der Waals surface area contributed by atoms with Gasteiger partial charge in [0.25, 0.3) is 0 Å². The fraction of sp³-hybridized carbons (Fsp3) is 0.562. The van der Waals surface area contributed by atoms with E-state index in [2.05, 4.69) is 5.32 Å². The molecule has 2 aliphatic carbocycles. The largest absolute Gasteiger partial charge is 0.394 e. The third-order valence-electron chi connectivity index (χ3n) is 4.62. The molecule has 0 saturated heterocycles. The van der Waals surface area contributed by atoms with Gasteiger partial charge < -0.3 is 10.4 Å². The van der Waals surface area contributed by atoms with Gasteiger partial charge in [-0.15, -0.1) is 0 Å². The molecule has 0 bridgehead atoms. The van der Waals surface area contributed by atoms with Crippen LogP contribution in [0.25, 0.3) is 0 Å². The summed E-state index contributed by atoms with van der Waals surface area (Å²) in [6, 6.07) is 6.47. The molecule has 3 unspecified atom stereocenters. The molecule has 4 heteroatoms. The number of amides is 1. The first kappa shape index (κ1) is 13.6. The molecule has 20 heavy (non-hydrogen) atoms. The molecule has 3 rings (SSSR count). The lowest BCUT2D eigenvalue weighted by atomic mass is 9.96. The number of nitrogens with one attached hydrogen (secondary N) is 1. The Morgan fingerprint density at radius 2 is 2.25 bits per heavy atom. The fourth-order valence-electron chi connectivity index (χ4n) is 2.96. The molecule has 0 heterocycles. The van der Waals surface area contributed by atoms with Crippen molar-refractivity contribution in [2.45, 2.75) is 37.6 Å². The standard InChI is InChI=1S/C16H20FNO2/c1-16(9-19,11-5-6-11)18-15(20)14-8-13(14)10-3-2-4-12(17)7-10/h2-4,7,11,13-14,19H,5-6,8-9H2,1H3,(H,18,20). The molecular formula is C16H20FNO2. The molecule has 0 spiro atoms. The first-order valence-corrected chi connectivity index (χ1v) is 7.22. The van der Waals surface area contributed by atoms with Crippen LogP contribution in [0.1, 0.15) is 37.7 Å². The summed E-state index contributed by atoms with van der Waals surface area (Å²) in [7, 11) is 0. The highest BCUT2D eigenvalue weighted by atomic mass is 19.1. The molecule has 2 fully saturated rings. The Balaban J connectivity index is 1.63. The molecule has 1 amide bonds. The Morgan fingerprint density at radius 1 is 1.50 bits per heavy atom. The molecule has 1 aromatic carbocycles. The fourth-order valence-corrected chi connectivity index (χ4v) is 2.96. The third-order valence-corrected chi connectivity index (χ3v) is 4.62. The van der Waals surface area contributed by atoms with Crippen LogP contribution in [0.3, 0.4) is 0 Å². The first-order chi connectivity index (χ1) is 9.53. The van der Waals surface area contributed by atoms with Crippen molar-refractivity contribution >= 4 is 5.91 Å². The second-order valence-electron chi connectivity index (χ2n) is 6.34. The topological polar surface area (TPSA) is 49.3 Å². The van der Waals surface area contributed by atoms with Crippen LogP contribution >= 0.6 is 0 Å². The maximum Gasteiger partial charge on any atom is 0.224 e. The zero-order valence-corrected chi connectivity index (χ0v) is 11.6. The number of rotatable bonds is 5. The molecule has 0 radical (unpaired) electrons. The molecule has 3 nitrogen and oxygen atoms in total. The SMILES string of the molecule is CC(CO)(NC(=O)C1CC1c1cccc(F)c1)C1CC1. The number of aliphatic hydroxyl groups is 1. The number of aliphatic hydroxyl groups excluding tert-OH is 1. The first-order valence-electron chi connectivity index (χ1n) is 7.22. The highest BCUT2D eigenvalue weighted by Gasteiger charge is 2.48. The Labute approximate surface area is 118 Å². The van der Waals surface area contributed by atoms with E-state index >= 15 is 0 Å². The van der Waals surface area contributed by atoms with Gasteiger partial charge >= 0.3 is 0 Å². The minimum absolute atomic E-state index is 0.0114. The molecule has 0 aromatic heterocycles. The van der Waals surface area contributed by atoms with Crippen LogP contribution in [0.4, 0.5) is 4.39 Å². The van der Waals surface area contributed by atoms with Crippen molar-refractivity contribution in [3.8, 4) is 0 Å². The lowest BCUT2D eigenvalue weighted by molar-refractivity contribution is -0.125. The van der Waals surface area contributed by atoms with Crippen LogP contribution in [0.2, 0.25) is 0 Å². The summed E-state index contributed by atoms with van der Waals surface area (Å²) in [5, 5.41) is 12.5. The molecule has 2 N–H and O–H groups in total. The van der Waals surface area contributed by atoms with Crippen molar-refractivity contribution < 1.29 is 14.3 Å². The van der Waals surface area contributed by atoms with E-state index in [9.17, 15) is 14.3 Å². The van der Waals surface area contributed by atoms with Crippen LogP contribution in [0, 0.1) is 17.7 Å². The number of hydrogen-bond donors (Lipinski definition) is 2. The molecule has 2 saturated carbocycles. The van der Waals surface area contributed by atoms with E-state index in [1.807, 2.05) is 13.0 Å². The van der Waals surface area contributed by atoms with E-state index in [4.69, 9.17) is 0 Å². The van der Waals surface area contributed by atoms with E-state index in [0.29, 0.717) is 5.92 Å². The van der Waals surface area contributed by atoms with Crippen molar-refractivity contribution in [3.63, 3.8) is 0 Å². The van der Waals surface area contributed by atoms with E-state index in [0.717, 1.165) is 24.8 Å². The van der Waals surface area contributed by atoms with Crippen molar-refractivity contribution in [2.24, 2.45) is 11.8 Å². The zero-order valence-electron chi connectivity index (χ0n) is 11.6. The zero-order chi connectivity index (χ0) is 14.3.